The third-order valence-corrected chi connectivity index (χ3v) is 5.75. The average molecular weight is 550 g/mol. The van der Waals surface area contributed by atoms with Gasteiger partial charge in [0.1, 0.15) is 34.9 Å². The van der Waals surface area contributed by atoms with Gasteiger partial charge in [0.05, 0.1) is 17.7 Å². The van der Waals surface area contributed by atoms with Crippen LogP contribution in [0.5, 0.6) is 5.75 Å². The minimum absolute atomic E-state index is 0.00848. The van der Waals surface area contributed by atoms with Gasteiger partial charge in [-0.15, -0.1) is 0 Å². The summed E-state index contributed by atoms with van der Waals surface area (Å²) in [7, 11) is 0. The van der Waals surface area contributed by atoms with Crippen molar-refractivity contribution in [3.05, 3.63) is 87.2 Å². The van der Waals surface area contributed by atoms with Gasteiger partial charge in [0.15, 0.2) is 17.4 Å². The van der Waals surface area contributed by atoms with Crippen LogP contribution < -0.4 is 21.3 Å². The van der Waals surface area contributed by atoms with Gasteiger partial charge in [-0.05, 0) is 43.5 Å². The molecular weight excluding hydrogens is 522 g/mol. The molecule has 0 saturated carbocycles. The van der Waals surface area contributed by atoms with Crippen LogP contribution in [-0.4, -0.2) is 40.6 Å². The Kier molecular flexibility index (Phi) is 9.47. The number of hydrogen-bond acceptors (Lipinski definition) is 6. The molecule has 208 valence electrons. The summed E-state index contributed by atoms with van der Waals surface area (Å²) in [5, 5.41) is 12.1. The van der Waals surface area contributed by atoms with Crippen LogP contribution in [0.1, 0.15) is 42.6 Å². The Bertz CT molecular complexity index is 1420. The van der Waals surface area contributed by atoms with E-state index < -0.39 is 69.3 Å². The number of nitrogens with one attached hydrogen (secondary N) is 1. The molecule has 0 bridgehead atoms. The number of anilines is 1. The number of rotatable bonds is 12. The third kappa shape index (κ3) is 7.02. The number of pyridine rings is 1. The minimum Gasteiger partial charge on any atom is -0.493 e. The van der Waals surface area contributed by atoms with Crippen molar-refractivity contribution in [1.29, 1.82) is 0 Å². The topological polar surface area (TPSA) is 124 Å². The first-order valence-electron chi connectivity index (χ1n) is 12.0. The second kappa shape index (κ2) is 12.6. The van der Waals surface area contributed by atoms with E-state index in [4.69, 9.17) is 10.5 Å². The van der Waals surface area contributed by atoms with Crippen LogP contribution in [0, 0.1) is 29.2 Å². The number of nitrogens with zero attached hydrogens (tertiary/aromatic N) is 1. The molecule has 1 heterocycles. The number of carboxylic acid groups (broad SMARTS) is 1. The number of nitrogen functional groups attached to an aromatic ring is 1. The van der Waals surface area contributed by atoms with Gasteiger partial charge in [-0.2, -0.15) is 0 Å². The third-order valence-electron chi connectivity index (χ3n) is 5.75. The minimum atomic E-state index is -1.22. The van der Waals surface area contributed by atoms with E-state index in [0.29, 0.717) is 23.5 Å². The number of carbonyl (C=O) groups is 2. The van der Waals surface area contributed by atoms with Gasteiger partial charge >= 0.3 is 5.97 Å². The Labute approximate surface area is 221 Å². The van der Waals surface area contributed by atoms with Crippen molar-refractivity contribution in [2.24, 2.45) is 5.92 Å². The summed E-state index contributed by atoms with van der Waals surface area (Å²) >= 11 is 0. The number of aromatic nitrogens is 1. The number of aliphatic carboxylic acids is 1. The molecular formula is C27H27F4N3O5. The van der Waals surface area contributed by atoms with Gasteiger partial charge in [-0.25, -0.2) is 17.6 Å². The molecule has 0 spiro atoms. The van der Waals surface area contributed by atoms with E-state index >= 15 is 8.78 Å². The van der Waals surface area contributed by atoms with Gasteiger partial charge < -0.3 is 20.9 Å². The SMILES string of the molecule is CC(C)C[C@@H](NCCCOc1cc(F)c(-n2c(N)c(C(=O)c3ccc(F)cc3F)ccc2=O)c(F)c1)C(=O)O. The lowest BCUT2D eigenvalue weighted by molar-refractivity contribution is -0.139. The van der Waals surface area contributed by atoms with Crippen molar-refractivity contribution in [1.82, 2.24) is 9.88 Å². The van der Waals surface area contributed by atoms with Gasteiger partial charge in [-0.1, -0.05) is 13.8 Å². The summed E-state index contributed by atoms with van der Waals surface area (Å²) in [6.07, 6.45) is 0.769. The second-order valence-corrected chi connectivity index (χ2v) is 9.17. The fourth-order valence-corrected chi connectivity index (χ4v) is 3.92. The standard InChI is InChI=1S/C27H27F4N3O5/c1-14(2)10-22(27(37)38)33-8-3-9-39-16-12-20(30)24(21(31)13-16)34-23(35)7-6-18(26(34)32)25(36)17-5-4-15(28)11-19(17)29/h4-7,11-14,22,33H,3,8-10,32H2,1-2H3,(H,37,38)/t22-/m1/s1. The van der Waals surface area contributed by atoms with Crippen molar-refractivity contribution in [3.63, 3.8) is 0 Å². The smallest absolute Gasteiger partial charge is 0.320 e. The van der Waals surface area contributed by atoms with Crippen LogP contribution in [-0.2, 0) is 4.79 Å². The van der Waals surface area contributed by atoms with E-state index in [2.05, 4.69) is 5.32 Å². The first kappa shape index (κ1) is 29.4. The fourth-order valence-electron chi connectivity index (χ4n) is 3.92. The van der Waals surface area contributed by atoms with Crippen LogP contribution in [0.25, 0.3) is 5.69 Å². The first-order valence-corrected chi connectivity index (χ1v) is 12.0. The summed E-state index contributed by atoms with van der Waals surface area (Å²) in [5.74, 6) is -7.22. The maximum atomic E-state index is 15.0. The van der Waals surface area contributed by atoms with Gasteiger partial charge in [-0.3, -0.25) is 19.0 Å². The van der Waals surface area contributed by atoms with E-state index in [1.807, 2.05) is 13.8 Å². The van der Waals surface area contributed by atoms with E-state index in [1.165, 1.54) is 0 Å². The monoisotopic (exact) mass is 549 g/mol. The number of halogens is 4. The summed E-state index contributed by atoms with van der Waals surface area (Å²) < 4.78 is 63.2. The van der Waals surface area contributed by atoms with E-state index in [9.17, 15) is 28.3 Å². The maximum Gasteiger partial charge on any atom is 0.320 e. The van der Waals surface area contributed by atoms with Crippen molar-refractivity contribution >= 4 is 17.6 Å². The molecule has 0 aliphatic rings. The maximum absolute atomic E-state index is 15.0. The first-order chi connectivity index (χ1) is 18.4. The second-order valence-electron chi connectivity index (χ2n) is 9.17. The molecule has 2 aromatic carbocycles. The fraction of sp³-hybridized carbons (Fsp3) is 0.296. The average Bonchev–Trinajstić information content (AvgIpc) is 2.84. The molecule has 12 heteroatoms. The molecule has 0 fully saturated rings. The Morgan fingerprint density at radius 2 is 1.64 bits per heavy atom. The van der Waals surface area contributed by atoms with Crippen LogP contribution >= 0.6 is 0 Å². The molecule has 0 amide bonds. The predicted molar refractivity (Wildman–Crippen MR) is 135 cm³/mol. The molecule has 1 atom stereocenters. The molecule has 3 aromatic rings. The quantitative estimate of drug-likeness (QED) is 0.177. The van der Waals surface area contributed by atoms with Crippen molar-refractivity contribution in [2.75, 3.05) is 18.9 Å². The molecule has 4 N–H and O–H groups in total. The largest absolute Gasteiger partial charge is 0.493 e. The van der Waals surface area contributed by atoms with E-state index in [1.54, 1.807) is 0 Å². The van der Waals surface area contributed by atoms with Crippen molar-refractivity contribution < 1.29 is 37.0 Å². The molecule has 0 saturated heterocycles. The van der Waals surface area contributed by atoms with Crippen LogP contribution in [0.3, 0.4) is 0 Å². The molecule has 0 aliphatic heterocycles. The number of nitrogens with two attached hydrogens (primary N) is 1. The summed E-state index contributed by atoms with van der Waals surface area (Å²) in [6, 6.07) is 4.97. The Balaban J connectivity index is 1.79. The number of ether oxygens (including phenoxy) is 1. The number of carboxylic acids is 1. The van der Waals surface area contributed by atoms with Crippen LogP contribution in [0.4, 0.5) is 23.4 Å². The van der Waals surface area contributed by atoms with Crippen molar-refractivity contribution in [2.45, 2.75) is 32.7 Å². The van der Waals surface area contributed by atoms with Crippen molar-refractivity contribution in [3.8, 4) is 11.4 Å². The lowest BCUT2D eigenvalue weighted by Crippen LogP contribution is -2.38. The predicted octanol–water partition coefficient (Wildman–Crippen LogP) is 4.06. The van der Waals surface area contributed by atoms with Crippen LogP contribution in [0.15, 0.2) is 47.3 Å². The lowest BCUT2D eigenvalue weighted by Gasteiger charge is -2.17. The number of benzene rings is 2. The molecule has 0 unspecified atom stereocenters. The zero-order valence-electron chi connectivity index (χ0n) is 21.1. The lowest BCUT2D eigenvalue weighted by atomic mass is 10.0. The van der Waals surface area contributed by atoms with Crippen LogP contribution in [0.2, 0.25) is 0 Å². The highest BCUT2D eigenvalue weighted by Crippen LogP contribution is 2.27. The summed E-state index contributed by atoms with van der Waals surface area (Å²) in [6.45, 7) is 4.09. The van der Waals surface area contributed by atoms with Gasteiger partial charge in [0.2, 0.25) is 0 Å². The molecule has 39 heavy (non-hydrogen) atoms. The highest BCUT2D eigenvalue weighted by Gasteiger charge is 2.24. The molecule has 0 radical (unpaired) electrons. The Morgan fingerprint density at radius 3 is 2.23 bits per heavy atom. The molecule has 3 rings (SSSR count). The summed E-state index contributed by atoms with van der Waals surface area (Å²) in [4.78, 5) is 36.6. The number of hydrogen-bond donors (Lipinski definition) is 3. The zero-order chi connectivity index (χ0) is 28.9. The number of ketones is 1. The Morgan fingerprint density at radius 1 is 1.00 bits per heavy atom. The number of carbonyl (C=O) groups excluding carboxylic acids is 1. The highest BCUT2D eigenvalue weighted by atomic mass is 19.1. The van der Waals surface area contributed by atoms with Gasteiger partial charge in [0.25, 0.3) is 5.56 Å². The normalized spacial score (nSPS) is 12.0. The summed E-state index contributed by atoms with van der Waals surface area (Å²) in [5.41, 5.74) is 3.12. The molecule has 0 aliphatic carbocycles. The zero-order valence-corrected chi connectivity index (χ0v) is 21.1. The molecule has 1 aromatic heterocycles. The van der Waals surface area contributed by atoms with E-state index in [-0.39, 0.29) is 24.8 Å². The Hall–Kier alpha value is -4.19. The van der Waals surface area contributed by atoms with Gasteiger partial charge in [0, 0.05) is 24.3 Å². The molecule has 8 nitrogen and oxygen atoms in total. The van der Waals surface area contributed by atoms with E-state index in [0.717, 1.165) is 36.4 Å². The highest BCUT2D eigenvalue weighted by molar-refractivity contribution is 6.11.